The van der Waals surface area contributed by atoms with Crippen LogP contribution in [-0.2, 0) is 33.2 Å². The van der Waals surface area contributed by atoms with Crippen LogP contribution in [0.2, 0.25) is 0 Å². The standard InChI is InChI=1S/C11H21N2O8P/c1-11(2)9(14)13(10(15)12-11)5-6-19-7-8-22(16,20-17-3)21-18-4/h5-8H2,1-4H3,(H,12,15). The zero-order chi connectivity index (χ0) is 16.8. The lowest BCUT2D eigenvalue weighted by Crippen LogP contribution is -2.40. The molecule has 0 radical (unpaired) electrons. The number of nitrogens with one attached hydrogen (secondary N) is 1. The molecule has 22 heavy (non-hydrogen) atoms. The Labute approximate surface area is 128 Å². The summed E-state index contributed by atoms with van der Waals surface area (Å²) in [4.78, 5) is 33.2. The Balaban J connectivity index is 2.32. The fourth-order valence-corrected chi connectivity index (χ4v) is 2.75. The largest absolute Gasteiger partial charge is 0.386 e. The summed E-state index contributed by atoms with van der Waals surface area (Å²) in [6.07, 6.45) is -0.111. The fourth-order valence-electron chi connectivity index (χ4n) is 1.77. The number of nitrogens with zero attached hydrogens (tertiary/aromatic N) is 1. The normalized spacial score (nSPS) is 17.9. The summed E-state index contributed by atoms with van der Waals surface area (Å²) >= 11 is 0. The van der Waals surface area contributed by atoms with Gasteiger partial charge >= 0.3 is 13.6 Å². The van der Waals surface area contributed by atoms with Crippen molar-refractivity contribution in [1.82, 2.24) is 10.2 Å². The van der Waals surface area contributed by atoms with Crippen LogP contribution in [0.1, 0.15) is 13.8 Å². The molecule has 128 valence electrons. The van der Waals surface area contributed by atoms with Crippen molar-refractivity contribution in [2.45, 2.75) is 19.4 Å². The molecule has 1 N–H and O–H groups in total. The van der Waals surface area contributed by atoms with E-state index in [2.05, 4.69) is 24.4 Å². The maximum Gasteiger partial charge on any atom is 0.386 e. The van der Waals surface area contributed by atoms with Crippen molar-refractivity contribution in [2.24, 2.45) is 0 Å². The van der Waals surface area contributed by atoms with Crippen LogP contribution < -0.4 is 5.32 Å². The molecule has 1 fully saturated rings. The molecule has 11 heteroatoms. The van der Waals surface area contributed by atoms with Gasteiger partial charge < -0.3 is 10.1 Å². The summed E-state index contributed by atoms with van der Waals surface area (Å²) in [5.41, 5.74) is -0.911. The molecule has 1 rings (SSSR count). The van der Waals surface area contributed by atoms with E-state index in [9.17, 15) is 14.2 Å². The van der Waals surface area contributed by atoms with Crippen molar-refractivity contribution < 1.29 is 38.0 Å². The van der Waals surface area contributed by atoms with E-state index in [0.717, 1.165) is 4.90 Å². The van der Waals surface area contributed by atoms with Crippen molar-refractivity contribution in [3.63, 3.8) is 0 Å². The molecule has 0 unspecified atom stereocenters. The van der Waals surface area contributed by atoms with Gasteiger partial charge in [-0.15, -0.1) is 9.35 Å². The zero-order valence-electron chi connectivity index (χ0n) is 13.0. The molecule has 10 nitrogen and oxygen atoms in total. The van der Waals surface area contributed by atoms with Gasteiger partial charge in [0.15, 0.2) is 0 Å². The number of imide groups is 1. The molecular formula is C11H21N2O8P. The molecule has 1 aliphatic rings. The minimum atomic E-state index is -3.56. The van der Waals surface area contributed by atoms with Gasteiger partial charge in [-0.25, -0.2) is 14.6 Å². The maximum atomic E-state index is 11.9. The second-order valence-electron chi connectivity index (χ2n) is 4.94. The number of carbonyl (C=O) groups is 2. The van der Waals surface area contributed by atoms with Gasteiger partial charge in [-0.05, 0) is 13.8 Å². The van der Waals surface area contributed by atoms with E-state index >= 15 is 0 Å². The van der Waals surface area contributed by atoms with E-state index < -0.39 is 19.2 Å². The predicted molar refractivity (Wildman–Crippen MR) is 73.8 cm³/mol. The Morgan fingerprint density at radius 2 is 1.73 bits per heavy atom. The third-order valence-corrected chi connectivity index (χ3v) is 4.27. The Kier molecular flexibility index (Phi) is 6.92. The van der Waals surface area contributed by atoms with Gasteiger partial charge in [0, 0.05) is 0 Å². The molecular weight excluding hydrogens is 319 g/mol. The third-order valence-electron chi connectivity index (χ3n) is 2.79. The van der Waals surface area contributed by atoms with Crippen LogP contribution in [0, 0.1) is 0 Å². The molecule has 1 heterocycles. The molecule has 0 aromatic heterocycles. The van der Waals surface area contributed by atoms with E-state index in [1.165, 1.54) is 14.2 Å². The Hall–Kier alpha value is -1.03. The van der Waals surface area contributed by atoms with E-state index in [1.807, 2.05) is 0 Å². The molecule has 1 saturated heterocycles. The molecule has 0 atom stereocenters. The Bertz CT molecular complexity index is 445. The first-order chi connectivity index (χ1) is 10.3. The van der Waals surface area contributed by atoms with Crippen LogP contribution in [0.3, 0.4) is 0 Å². The van der Waals surface area contributed by atoms with Crippen LogP contribution in [0.15, 0.2) is 0 Å². The van der Waals surface area contributed by atoms with Crippen molar-refractivity contribution in [1.29, 1.82) is 0 Å². The summed E-state index contributed by atoms with van der Waals surface area (Å²) in [5.74, 6) is -0.322. The highest BCUT2D eigenvalue weighted by atomic mass is 31.2. The first kappa shape index (κ1) is 19.0. The monoisotopic (exact) mass is 340 g/mol. The topological polar surface area (TPSA) is 113 Å². The summed E-state index contributed by atoms with van der Waals surface area (Å²) in [6, 6.07) is -0.463. The van der Waals surface area contributed by atoms with Gasteiger partial charge in [-0.2, -0.15) is 0 Å². The molecule has 0 aromatic rings. The minimum Gasteiger partial charge on any atom is -0.379 e. The van der Waals surface area contributed by atoms with Crippen molar-refractivity contribution in [3.8, 4) is 0 Å². The van der Waals surface area contributed by atoms with Crippen molar-refractivity contribution >= 4 is 19.5 Å². The second-order valence-corrected chi connectivity index (χ2v) is 6.91. The molecule has 3 amide bonds. The van der Waals surface area contributed by atoms with Crippen LogP contribution in [0.5, 0.6) is 0 Å². The second kappa shape index (κ2) is 8.00. The zero-order valence-corrected chi connectivity index (χ0v) is 13.9. The number of rotatable bonds is 10. The summed E-state index contributed by atoms with van der Waals surface area (Å²) < 4.78 is 26.2. The SMILES string of the molecule is COOP(=O)(CCOCCN1C(=O)NC(C)(C)C1=O)OOC. The smallest absolute Gasteiger partial charge is 0.379 e. The number of hydrogen-bond acceptors (Lipinski definition) is 8. The van der Waals surface area contributed by atoms with Gasteiger partial charge in [0.25, 0.3) is 5.91 Å². The number of ether oxygens (including phenoxy) is 1. The van der Waals surface area contributed by atoms with Gasteiger partial charge in [0.1, 0.15) is 5.54 Å². The first-order valence-electron chi connectivity index (χ1n) is 6.51. The van der Waals surface area contributed by atoms with E-state index in [0.29, 0.717) is 0 Å². The number of carbonyl (C=O) groups excluding carboxylic acids is 2. The molecule has 1 aliphatic heterocycles. The Morgan fingerprint density at radius 1 is 1.14 bits per heavy atom. The van der Waals surface area contributed by atoms with Crippen LogP contribution in [-0.4, -0.2) is 62.5 Å². The highest BCUT2D eigenvalue weighted by molar-refractivity contribution is 7.53. The lowest BCUT2D eigenvalue weighted by Gasteiger charge is -2.16. The fraction of sp³-hybridized carbons (Fsp3) is 0.818. The van der Waals surface area contributed by atoms with Crippen molar-refractivity contribution in [3.05, 3.63) is 0 Å². The van der Waals surface area contributed by atoms with Crippen LogP contribution >= 0.6 is 7.60 Å². The van der Waals surface area contributed by atoms with Gasteiger partial charge in [0.2, 0.25) is 0 Å². The highest BCUT2D eigenvalue weighted by Crippen LogP contribution is 2.47. The molecule has 0 aliphatic carbocycles. The average molecular weight is 340 g/mol. The summed E-state index contributed by atoms with van der Waals surface area (Å²) in [5, 5.41) is 2.56. The molecule has 0 spiro atoms. The van der Waals surface area contributed by atoms with E-state index in [1.54, 1.807) is 13.8 Å². The predicted octanol–water partition coefficient (Wildman–Crippen LogP) is 0.682. The van der Waals surface area contributed by atoms with Gasteiger partial charge in [-0.1, -0.05) is 0 Å². The summed E-state index contributed by atoms with van der Waals surface area (Å²) in [7, 11) is -1.19. The number of urea groups is 1. The number of amides is 3. The summed E-state index contributed by atoms with van der Waals surface area (Å²) in [6.45, 7) is 3.43. The lowest BCUT2D eigenvalue weighted by atomic mass is 10.1. The molecule has 0 bridgehead atoms. The molecule has 0 saturated carbocycles. The highest BCUT2D eigenvalue weighted by Gasteiger charge is 2.43. The Morgan fingerprint density at radius 3 is 2.18 bits per heavy atom. The van der Waals surface area contributed by atoms with Gasteiger partial charge in [0.05, 0.1) is 40.1 Å². The minimum absolute atomic E-state index is 0.0110. The maximum absolute atomic E-state index is 11.9. The average Bonchev–Trinajstić information content (AvgIpc) is 2.60. The van der Waals surface area contributed by atoms with E-state index in [4.69, 9.17) is 4.74 Å². The quantitative estimate of drug-likeness (QED) is 0.203. The number of hydrogen-bond donors (Lipinski definition) is 1. The third kappa shape index (κ3) is 5.01. The first-order valence-corrected chi connectivity index (χ1v) is 8.24. The molecule has 0 aromatic carbocycles. The lowest BCUT2D eigenvalue weighted by molar-refractivity contribution is -0.242. The van der Waals surface area contributed by atoms with Crippen LogP contribution in [0.25, 0.3) is 0 Å². The van der Waals surface area contributed by atoms with Crippen LogP contribution in [0.4, 0.5) is 4.79 Å². The van der Waals surface area contributed by atoms with Crippen molar-refractivity contribution in [2.75, 3.05) is 40.1 Å². The van der Waals surface area contributed by atoms with E-state index in [-0.39, 0.29) is 31.8 Å². The van der Waals surface area contributed by atoms with Gasteiger partial charge in [-0.3, -0.25) is 14.3 Å².